The van der Waals surface area contributed by atoms with E-state index in [1.54, 1.807) is 13.0 Å². The van der Waals surface area contributed by atoms with Crippen LogP contribution < -0.4 is 10.6 Å². The Balaban J connectivity index is 1.77. The van der Waals surface area contributed by atoms with E-state index in [2.05, 4.69) is 15.8 Å². The van der Waals surface area contributed by atoms with E-state index in [-0.39, 0.29) is 31.0 Å². The molecule has 0 saturated heterocycles. The van der Waals surface area contributed by atoms with Gasteiger partial charge in [0, 0.05) is 12.1 Å². The maximum atomic E-state index is 11.7. The van der Waals surface area contributed by atoms with Crippen LogP contribution in [0.25, 0.3) is 0 Å². The van der Waals surface area contributed by atoms with Gasteiger partial charge in [0.15, 0.2) is 0 Å². The van der Waals surface area contributed by atoms with Crippen LogP contribution >= 0.6 is 0 Å². The Morgan fingerprint density at radius 2 is 2.32 bits per heavy atom. The molecule has 1 aliphatic rings. The van der Waals surface area contributed by atoms with E-state index in [1.165, 1.54) is 0 Å². The minimum absolute atomic E-state index is 0.0405. The first-order chi connectivity index (χ1) is 9.04. The normalized spacial score (nSPS) is 15.8. The molecular formula is C12H17N3O4. The summed E-state index contributed by atoms with van der Waals surface area (Å²) in [4.78, 5) is 22.4. The number of carboxylic acid groups (broad SMARTS) is 1. The van der Waals surface area contributed by atoms with Gasteiger partial charge in [0.1, 0.15) is 11.5 Å². The second-order valence-electron chi connectivity index (χ2n) is 4.80. The summed E-state index contributed by atoms with van der Waals surface area (Å²) in [6.07, 6.45) is 1.91. The number of urea groups is 1. The summed E-state index contributed by atoms with van der Waals surface area (Å²) < 4.78 is 4.88. The molecule has 0 bridgehead atoms. The van der Waals surface area contributed by atoms with Gasteiger partial charge in [0.25, 0.3) is 0 Å². The fourth-order valence-electron chi connectivity index (χ4n) is 1.91. The molecule has 7 heteroatoms. The maximum absolute atomic E-state index is 11.7. The lowest BCUT2D eigenvalue weighted by Crippen LogP contribution is -2.43. The third kappa shape index (κ3) is 4.27. The minimum Gasteiger partial charge on any atom is -0.481 e. The summed E-state index contributed by atoms with van der Waals surface area (Å²) in [5, 5.41) is 17.9. The van der Waals surface area contributed by atoms with Crippen LogP contribution in [-0.4, -0.2) is 28.3 Å². The molecule has 0 spiro atoms. The Bertz CT molecular complexity index is 467. The number of carboxylic acids is 1. The van der Waals surface area contributed by atoms with Gasteiger partial charge >= 0.3 is 12.0 Å². The summed E-state index contributed by atoms with van der Waals surface area (Å²) in [5.41, 5.74) is 0.633. The van der Waals surface area contributed by atoms with Crippen molar-refractivity contribution in [2.75, 3.05) is 0 Å². The van der Waals surface area contributed by atoms with E-state index in [0.717, 1.165) is 12.8 Å². The number of carbonyl (C=O) groups excluding carboxylic acids is 1. The number of hydrogen-bond acceptors (Lipinski definition) is 4. The second kappa shape index (κ2) is 5.73. The lowest BCUT2D eigenvalue weighted by Gasteiger charge is -2.16. The molecule has 1 aromatic heterocycles. The van der Waals surface area contributed by atoms with Crippen molar-refractivity contribution in [3.8, 4) is 0 Å². The van der Waals surface area contributed by atoms with Crippen LogP contribution in [0.5, 0.6) is 0 Å². The lowest BCUT2D eigenvalue weighted by molar-refractivity contribution is -0.137. The molecule has 1 aromatic rings. The minimum atomic E-state index is -0.899. The van der Waals surface area contributed by atoms with Gasteiger partial charge in [-0.1, -0.05) is 5.16 Å². The maximum Gasteiger partial charge on any atom is 0.315 e. The lowest BCUT2D eigenvalue weighted by atomic mass is 10.1. The van der Waals surface area contributed by atoms with Gasteiger partial charge in [-0.2, -0.15) is 0 Å². The first-order valence-corrected chi connectivity index (χ1v) is 6.23. The molecule has 1 atom stereocenters. The molecule has 7 nitrogen and oxygen atoms in total. The first kappa shape index (κ1) is 13.4. The molecule has 1 saturated carbocycles. The van der Waals surface area contributed by atoms with E-state index in [9.17, 15) is 9.59 Å². The van der Waals surface area contributed by atoms with Crippen LogP contribution in [0, 0.1) is 12.8 Å². The van der Waals surface area contributed by atoms with Gasteiger partial charge in [-0.3, -0.25) is 4.79 Å². The highest BCUT2D eigenvalue weighted by atomic mass is 16.5. The van der Waals surface area contributed by atoms with E-state index in [1.807, 2.05) is 0 Å². The number of amides is 2. The summed E-state index contributed by atoms with van der Waals surface area (Å²) in [5.74, 6) is 0.0689. The summed E-state index contributed by atoms with van der Waals surface area (Å²) in [6, 6.07) is 1.06. The van der Waals surface area contributed by atoms with Crippen molar-refractivity contribution in [2.24, 2.45) is 5.92 Å². The van der Waals surface area contributed by atoms with Crippen LogP contribution in [0.15, 0.2) is 10.6 Å². The van der Waals surface area contributed by atoms with Crippen molar-refractivity contribution in [1.82, 2.24) is 15.8 Å². The van der Waals surface area contributed by atoms with Crippen LogP contribution in [0.4, 0.5) is 4.79 Å². The molecular weight excluding hydrogens is 250 g/mol. The van der Waals surface area contributed by atoms with Crippen LogP contribution in [-0.2, 0) is 11.3 Å². The third-order valence-corrected chi connectivity index (χ3v) is 3.01. The molecule has 1 unspecified atom stereocenters. The van der Waals surface area contributed by atoms with Gasteiger partial charge in [-0.25, -0.2) is 4.79 Å². The monoisotopic (exact) mass is 267 g/mol. The molecule has 104 valence electrons. The van der Waals surface area contributed by atoms with Crippen molar-refractivity contribution in [3.63, 3.8) is 0 Å². The molecule has 3 N–H and O–H groups in total. The highest BCUT2D eigenvalue weighted by molar-refractivity contribution is 5.75. The van der Waals surface area contributed by atoms with E-state index in [4.69, 9.17) is 9.63 Å². The number of nitrogens with one attached hydrogen (secondary N) is 2. The zero-order chi connectivity index (χ0) is 13.8. The van der Waals surface area contributed by atoms with E-state index in [0.29, 0.717) is 11.5 Å². The first-order valence-electron chi connectivity index (χ1n) is 6.23. The van der Waals surface area contributed by atoms with Crippen molar-refractivity contribution in [3.05, 3.63) is 17.5 Å². The van der Waals surface area contributed by atoms with Crippen LogP contribution in [0.1, 0.15) is 30.7 Å². The van der Waals surface area contributed by atoms with Gasteiger partial charge in [0.2, 0.25) is 0 Å². The summed E-state index contributed by atoms with van der Waals surface area (Å²) >= 11 is 0. The second-order valence-corrected chi connectivity index (χ2v) is 4.80. The third-order valence-electron chi connectivity index (χ3n) is 3.01. The van der Waals surface area contributed by atoms with E-state index < -0.39 is 5.97 Å². The van der Waals surface area contributed by atoms with Crippen molar-refractivity contribution in [2.45, 2.75) is 38.8 Å². The smallest absolute Gasteiger partial charge is 0.315 e. The molecule has 0 aliphatic heterocycles. The SMILES string of the molecule is Cc1cc(CNC(=O)NC(CC(=O)O)C2CC2)no1. The quantitative estimate of drug-likeness (QED) is 0.714. The molecule has 0 aromatic carbocycles. The van der Waals surface area contributed by atoms with Crippen molar-refractivity contribution < 1.29 is 19.2 Å². The molecule has 1 fully saturated rings. The average Bonchev–Trinajstić information content (AvgIpc) is 3.09. The number of nitrogens with zero attached hydrogens (tertiary/aromatic N) is 1. The standard InChI is InChI=1S/C12H17N3O4/c1-7-4-9(15-19-7)6-13-12(18)14-10(5-11(16)17)8-2-3-8/h4,8,10H,2-3,5-6H2,1H3,(H,16,17)(H2,13,14,18). The number of carbonyl (C=O) groups is 2. The Hall–Kier alpha value is -2.05. The topological polar surface area (TPSA) is 104 Å². The highest BCUT2D eigenvalue weighted by Crippen LogP contribution is 2.33. The molecule has 2 rings (SSSR count). The fraction of sp³-hybridized carbons (Fsp3) is 0.583. The van der Waals surface area contributed by atoms with E-state index >= 15 is 0 Å². The molecule has 1 aliphatic carbocycles. The Morgan fingerprint density at radius 3 is 2.84 bits per heavy atom. The molecule has 2 amide bonds. The Morgan fingerprint density at radius 1 is 1.58 bits per heavy atom. The number of aromatic nitrogens is 1. The zero-order valence-corrected chi connectivity index (χ0v) is 10.7. The summed E-state index contributed by atoms with van der Waals surface area (Å²) in [7, 11) is 0. The number of aliphatic carboxylic acids is 1. The number of aryl methyl sites for hydroxylation is 1. The molecule has 1 heterocycles. The summed E-state index contributed by atoms with van der Waals surface area (Å²) in [6.45, 7) is 2.03. The molecule has 19 heavy (non-hydrogen) atoms. The molecule has 0 radical (unpaired) electrons. The van der Waals surface area contributed by atoms with Crippen molar-refractivity contribution >= 4 is 12.0 Å². The average molecular weight is 267 g/mol. The van der Waals surface area contributed by atoms with Gasteiger partial charge in [-0.15, -0.1) is 0 Å². The number of rotatable bonds is 6. The fourth-order valence-corrected chi connectivity index (χ4v) is 1.91. The Labute approximate surface area is 110 Å². The largest absolute Gasteiger partial charge is 0.481 e. The van der Waals surface area contributed by atoms with Gasteiger partial charge in [-0.05, 0) is 25.7 Å². The Kier molecular flexibility index (Phi) is 4.03. The van der Waals surface area contributed by atoms with Gasteiger partial charge < -0.3 is 20.3 Å². The predicted molar refractivity (Wildman–Crippen MR) is 65.4 cm³/mol. The predicted octanol–water partition coefficient (Wildman–Crippen LogP) is 1.04. The van der Waals surface area contributed by atoms with Crippen LogP contribution in [0.2, 0.25) is 0 Å². The van der Waals surface area contributed by atoms with Crippen LogP contribution in [0.3, 0.4) is 0 Å². The zero-order valence-electron chi connectivity index (χ0n) is 10.7. The van der Waals surface area contributed by atoms with Crippen molar-refractivity contribution in [1.29, 1.82) is 0 Å². The number of hydrogen-bond donors (Lipinski definition) is 3. The van der Waals surface area contributed by atoms with Gasteiger partial charge in [0.05, 0.1) is 13.0 Å². The highest BCUT2D eigenvalue weighted by Gasteiger charge is 2.33.